The molecule has 2 N–H and O–H groups in total. The maximum Gasteiger partial charge on any atom is 0.172 e. The first-order valence-corrected chi connectivity index (χ1v) is 7.68. The van der Waals surface area contributed by atoms with Gasteiger partial charge in [-0.25, -0.2) is 9.97 Å². The lowest BCUT2D eigenvalue weighted by atomic mass is 10.2. The van der Waals surface area contributed by atoms with E-state index in [2.05, 4.69) is 20.1 Å². The van der Waals surface area contributed by atoms with E-state index in [1.165, 1.54) is 0 Å². The minimum Gasteiger partial charge on any atom is -0.453 e. The second-order valence-corrected chi connectivity index (χ2v) is 6.05. The van der Waals surface area contributed by atoms with Crippen molar-refractivity contribution in [1.82, 2.24) is 25.1 Å². The Balaban J connectivity index is 1.65. The van der Waals surface area contributed by atoms with Crippen molar-refractivity contribution < 1.29 is 9.52 Å². The van der Waals surface area contributed by atoms with Gasteiger partial charge in [-0.1, -0.05) is 0 Å². The highest BCUT2D eigenvalue weighted by molar-refractivity contribution is 6.15. The third-order valence-electron chi connectivity index (χ3n) is 4.45. The summed E-state index contributed by atoms with van der Waals surface area (Å²) in [4.78, 5) is 11.3. The zero-order valence-electron chi connectivity index (χ0n) is 12.4. The minimum absolute atomic E-state index is 0.238. The topological polar surface area (TPSA) is 91.1 Å². The van der Waals surface area contributed by atoms with Gasteiger partial charge in [-0.3, -0.25) is 10.00 Å². The number of nitrogens with one attached hydrogen (secondary N) is 1. The van der Waals surface area contributed by atoms with E-state index in [1.807, 2.05) is 12.1 Å². The number of aromatic amines is 1. The molecule has 1 fully saturated rings. The van der Waals surface area contributed by atoms with E-state index in [0.717, 1.165) is 46.2 Å². The Bertz CT molecular complexity index is 1020. The number of rotatable bonds is 2. The number of hydrogen-bond acceptors (Lipinski definition) is 6. The number of hydrogen-bond donors (Lipinski definition) is 2. The Kier molecular flexibility index (Phi) is 2.67. The minimum atomic E-state index is -0.238. The van der Waals surface area contributed by atoms with Crippen molar-refractivity contribution in [1.29, 1.82) is 0 Å². The summed E-state index contributed by atoms with van der Waals surface area (Å²) in [6.45, 7) is 2.19. The van der Waals surface area contributed by atoms with Gasteiger partial charge in [-0.15, -0.1) is 0 Å². The van der Waals surface area contributed by atoms with Crippen molar-refractivity contribution in [2.45, 2.75) is 19.1 Å². The van der Waals surface area contributed by atoms with E-state index in [-0.39, 0.29) is 6.10 Å². The first-order chi connectivity index (χ1) is 11.3. The van der Waals surface area contributed by atoms with Crippen LogP contribution in [0.25, 0.3) is 33.0 Å². The monoisotopic (exact) mass is 309 g/mol. The standard InChI is InChI=1S/C16H15N5O2/c22-10-3-4-21(7-10)8-13-17-6-12-16(19-13)14-11(23-12)2-1-9-5-18-20-15(9)14/h1-2,5-6,10,22H,3-4,7-8H2,(H,18,20)/t10-/m0/s1. The quantitative estimate of drug-likeness (QED) is 0.587. The summed E-state index contributed by atoms with van der Waals surface area (Å²) in [5, 5.41) is 18.7. The molecule has 1 saturated heterocycles. The fourth-order valence-electron chi connectivity index (χ4n) is 3.33. The SMILES string of the molecule is O[C@H]1CCN(Cc2ncc3oc4ccc5cn[nH]c5c4c3n2)C1. The molecule has 4 aromatic rings. The van der Waals surface area contributed by atoms with Crippen LogP contribution in [0, 0.1) is 0 Å². The average molecular weight is 309 g/mol. The third-order valence-corrected chi connectivity index (χ3v) is 4.45. The van der Waals surface area contributed by atoms with Crippen LogP contribution in [0.15, 0.2) is 28.9 Å². The molecule has 1 atom stereocenters. The van der Waals surface area contributed by atoms with Crippen LogP contribution >= 0.6 is 0 Å². The molecule has 0 amide bonds. The molecule has 0 aliphatic carbocycles. The smallest absolute Gasteiger partial charge is 0.172 e. The highest BCUT2D eigenvalue weighted by atomic mass is 16.3. The second-order valence-electron chi connectivity index (χ2n) is 6.05. The summed E-state index contributed by atoms with van der Waals surface area (Å²) >= 11 is 0. The molecule has 116 valence electrons. The van der Waals surface area contributed by atoms with Crippen LogP contribution in [0.4, 0.5) is 0 Å². The lowest BCUT2D eigenvalue weighted by Crippen LogP contribution is -2.22. The van der Waals surface area contributed by atoms with Crippen LogP contribution in [0.3, 0.4) is 0 Å². The van der Waals surface area contributed by atoms with E-state index in [1.54, 1.807) is 12.4 Å². The predicted octanol–water partition coefficient (Wildman–Crippen LogP) is 1.82. The fourth-order valence-corrected chi connectivity index (χ4v) is 3.33. The maximum absolute atomic E-state index is 9.64. The lowest BCUT2D eigenvalue weighted by molar-refractivity contribution is 0.174. The first-order valence-electron chi connectivity index (χ1n) is 7.68. The summed E-state index contributed by atoms with van der Waals surface area (Å²) < 4.78 is 5.85. The third kappa shape index (κ3) is 2.01. The Morgan fingerprint density at radius 1 is 1.30 bits per heavy atom. The maximum atomic E-state index is 9.64. The van der Waals surface area contributed by atoms with Crippen molar-refractivity contribution in [3.8, 4) is 0 Å². The number of nitrogens with zero attached hydrogens (tertiary/aromatic N) is 4. The summed E-state index contributed by atoms with van der Waals surface area (Å²) in [5.41, 5.74) is 3.19. The number of furan rings is 1. The molecule has 1 aliphatic heterocycles. The molecule has 0 unspecified atom stereocenters. The molecule has 7 nitrogen and oxygen atoms in total. The van der Waals surface area contributed by atoms with Gasteiger partial charge in [-0.2, -0.15) is 5.10 Å². The average Bonchev–Trinajstić information content (AvgIpc) is 3.24. The molecule has 1 aromatic carbocycles. The first kappa shape index (κ1) is 13.0. The molecule has 0 saturated carbocycles. The van der Waals surface area contributed by atoms with Gasteiger partial charge < -0.3 is 9.52 Å². The largest absolute Gasteiger partial charge is 0.453 e. The van der Waals surface area contributed by atoms with Crippen LogP contribution in [-0.2, 0) is 6.54 Å². The number of aromatic nitrogens is 4. The van der Waals surface area contributed by atoms with Crippen LogP contribution in [0.1, 0.15) is 12.2 Å². The number of aliphatic hydroxyl groups is 1. The normalized spacial score (nSPS) is 19.4. The number of fused-ring (bicyclic) bond motifs is 5. The molecule has 7 heteroatoms. The molecule has 3 aromatic heterocycles. The molecule has 0 radical (unpaired) electrons. The summed E-state index contributed by atoms with van der Waals surface area (Å²) in [5.74, 6) is 0.741. The van der Waals surface area contributed by atoms with E-state index in [0.29, 0.717) is 18.7 Å². The second kappa shape index (κ2) is 4.74. The van der Waals surface area contributed by atoms with Crippen LogP contribution in [0.5, 0.6) is 0 Å². The van der Waals surface area contributed by atoms with Crippen LogP contribution < -0.4 is 0 Å². The molecular formula is C16H15N5O2. The van der Waals surface area contributed by atoms with Gasteiger partial charge in [-0.05, 0) is 18.6 Å². The number of β-amino-alcohol motifs (C(OH)–C–C–N with tert-alkyl or cyclic N) is 1. The van der Waals surface area contributed by atoms with Gasteiger partial charge >= 0.3 is 0 Å². The zero-order valence-corrected chi connectivity index (χ0v) is 12.4. The van der Waals surface area contributed by atoms with Crippen LogP contribution in [0.2, 0.25) is 0 Å². The number of benzene rings is 1. The molecule has 5 rings (SSSR count). The van der Waals surface area contributed by atoms with Gasteiger partial charge in [0.25, 0.3) is 0 Å². The summed E-state index contributed by atoms with van der Waals surface area (Å²) in [6, 6.07) is 3.91. The van der Waals surface area contributed by atoms with Crippen LogP contribution in [-0.4, -0.2) is 49.4 Å². The predicted molar refractivity (Wildman–Crippen MR) is 84.9 cm³/mol. The summed E-state index contributed by atoms with van der Waals surface area (Å²) in [6.07, 6.45) is 4.09. The van der Waals surface area contributed by atoms with E-state index >= 15 is 0 Å². The summed E-state index contributed by atoms with van der Waals surface area (Å²) in [7, 11) is 0. The van der Waals surface area contributed by atoms with Gasteiger partial charge in [0.05, 0.1) is 35.9 Å². The Hall–Kier alpha value is -2.51. The highest BCUT2D eigenvalue weighted by Gasteiger charge is 2.21. The Morgan fingerprint density at radius 3 is 3.13 bits per heavy atom. The molecule has 0 spiro atoms. The van der Waals surface area contributed by atoms with Crippen molar-refractivity contribution in [3.63, 3.8) is 0 Å². The number of aliphatic hydroxyl groups excluding tert-OH is 1. The molecule has 4 heterocycles. The molecule has 1 aliphatic rings. The fraction of sp³-hybridized carbons (Fsp3) is 0.312. The van der Waals surface area contributed by atoms with Gasteiger partial charge in [0.1, 0.15) is 16.9 Å². The highest BCUT2D eigenvalue weighted by Crippen LogP contribution is 2.32. The van der Waals surface area contributed by atoms with Crippen molar-refractivity contribution in [2.75, 3.05) is 13.1 Å². The van der Waals surface area contributed by atoms with E-state index in [4.69, 9.17) is 9.40 Å². The Labute approximate surface area is 130 Å². The molecular weight excluding hydrogens is 294 g/mol. The molecule has 0 bridgehead atoms. The lowest BCUT2D eigenvalue weighted by Gasteiger charge is -2.13. The van der Waals surface area contributed by atoms with Crippen molar-refractivity contribution >= 4 is 33.0 Å². The van der Waals surface area contributed by atoms with Crippen molar-refractivity contribution in [2.24, 2.45) is 0 Å². The van der Waals surface area contributed by atoms with E-state index < -0.39 is 0 Å². The van der Waals surface area contributed by atoms with Gasteiger partial charge in [0, 0.05) is 18.5 Å². The van der Waals surface area contributed by atoms with Crippen molar-refractivity contribution in [3.05, 3.63) is 30.4 Å². The van der Waals surface area contributed by atoms with Gasteiger partial charge in [0.2, 0.25) is 0 Å². The van der Waals surface area contributed by atoms with E-state index in [9.17, 15) is 5.11 Å². The van der Waals surface area contributed by atoms with Gasteiger partial charge in [0.15, 0.2) is 5.58 Å². The number of H-pyrrole nitrogens is 1. The zero-order chi connectivity index (χ0) is 15.4. The Morgan fingerprint density at radius 2 is 2.26 bits per heavy atom. The number of likely N-dealkylation sites (tertiary alicyclic amines) is 1. The molecule has 23 heavy (non-hydrogen) atoms.